The number of ether oxygens (including phenoxy) is 1. The molecule has 0 saturated heterocycles. The summed E-state index contributed by atoms with van der Waals surface area (Å²) in [5.74, 6) is 0.436. The third-order valence-corrected chi connectivity index (χ3v) is 3.69. The Kier molecular flexibility index (Phi) is 7.83. The van der Waals surface area contributed by atoms with Crippen LogP contribution in [0.15, 0.2) is 18.2 Å². The molecule has 4 heteroatoms. The predicted octanol–water partition coefficient (Wildman–Crippen LogP) is 3.72. The van der Waals surface area contributed by atoms with Crippen molar-refractivity contribution >= 4 is 5.78 Å². The van der Waals surface area contributed by atoms with Crippen LogP contribution >= 0.6 is 0 Å². The normalized spacial score (nSPS) is 12.1. The van der Waals surface area contributed by atoms with Gasteiger partial charge in [-0.3, -0.25) is 4.79 Å². The third kappa shape index (κ3) is 5.76. The Morgan fingerprint density at radius 2 is 1.90 bits per heavy atom. The zero-order chi connectivity index (χ0) is 15.7. The van der Waals surface area contributed by atoms with E-state index in [1.165, 1.54) is 38.9 Å². The van der Waals surface area contributed by atoms with Gasteiger partial charge in [0.15, 0.2) is 17.3 Å². The van der Waals surface area contributed by atoms with Crippen LogP contribution in [-0.4, -0.2) is 18.0 Å². The van der Waals surface area contributed by atoms with Gasteiger partial charge in [-0.1, -0.05) is 45.1 Å². The van der Waals surface area contributed by atoms with Crippen LogP contribution in [-0.2, 0) is 4.79 Å². The van der Waals surface area contributed by atoms with E-state index in [2.05, 4.69) is 6.92 Å². The number of hydrogen-bond acceptors (Lipinski definition) is 4. The Balaban J connectivity index is 2.43. The molecule has 0 amide bonds. The first-order valence-electron chi connectivity index (χ1n) is 7.75. The summed E-state index contributed by atoms with van der Waals surface area (Å²) in [4.78, 5) is 12.1. The molecule has 0 bridgehead atoms. The zero-order valence-corrected chi connectivity index (χ0v) is 13.1. The van der Waals surface area contributed by atoms with Gasteiger partial charge < -0.3 is 15.6 Å². The van der Waals surface area contributed by atoms with Crippen LogP contribution in [0.25, 0.3) is 0 Å². The predicted molar refractivity (Wildman–Crippen MR) is 84.6 cm³/mol. The van der Waals surface area contributed by atoms with Crippen molar-refractivity contribution in [2.75, 3.05) is 7.11 Å². The molecule has 21 heavy (non-hydrogen) atoms. The van der Waals surface area contributed by atoms with E-state index in [4.69, 9.17) is 10.5 Å². The summed E-state index contributed by atoms with van der Waals surface area (Å²) in [6, 6.07) is 4.16. The largest absolute Gasteiger partial charge is 0.504 e. The summed E-state index contributed by atoms with van der Waals surface area (Å²) in [6.07, 6.45) is 7.40. The van der Waals surface area contributed by atoms with Crippen molar-refractivity contribution in [2.24, 2.45) is 5.73 Å². The van der Waals surface area contributed by atoms with Crippen molar-refractivity contribution < 1.29 is 14.6 Å². The van der Waals surface area contributed by atoms with Gasteiger partial charge in [0.1, 0.15) is 0 Å². The summed E-state index contributed by atoms with van der Waals surface area (Å²) in [6.45, 7) is 2.19. The van der Waals surface area contributed by atoms with E-state index in [9.17, 15) is 9.90 Å². The summed E-state index contributed by atoms with van der Waals surface area (Å²) < 4.78 is 5.03. The smallest absolute Gasteiger partial charge is 0.160 e. The van der Waals surface area contributed by atoms with Crippen molar-refractivity contribution in [1.82, 2.24) is 0 Å². The van der Waals surface area contributed by atoms with Gasteiger partial charge in [-0.25, -0.2) is 0 Å². The second-order valence-electron chi connectivity index (χ2n) is 5.39. The fourth-order valence-corrected chi connectivity index (χ4v) is 2.31. The van der Waals surface area contributed by atoms with Gasteiger partial charge in [-0.05, 0) is 24.1 Å². The minimum Gasteiger partial charge on any atom is -0.504 e. The number of hydrogen-bond donors (Lipinski definition) is 2. The Bertz CT molecular complexity index is 446. The van der Waals surface area contributed by atoms with Gasteiger partial charge in [0.05, 0.1) is 13.2 Å². The molecule has 118 valence electrons. The maximum absolute atomic E-state index is 12.1. The van der Waals surface area contributed by atoms with E-state index < -0.39 is 6.04 Å². The number of unbranched alkanes of at least 4 members (excludes halogenated alkanes) is 5. The number of carbonyl (C=O) groups excluding carboxylic acids is 1. The number of nitrogens with two attached hydrogens (primary N) is 1. The van der Waals surface area contributed by atoms with Gasteiger partial charge in [0.25, 0.3) is 0 Å². The lowest BCUT2D eigenvalue weighted by atomic mass is 9.98. The molecule has 0 radical (unpaired) electrons. The molecule has 0 aliphatic rings. The molecule has 4 nitrogen and oxygen atoms in total. The lowest BCUT2D eigenvalue weighted by Crippen LogP contribution is -2.21. The van der Waals surface area contributed by atoms with Crippen LogP contribution in [0, 0.1) is 0 Å². The van der Waals surface area contributed by atoms with E-state index in [1.54, 1.807) is 12.1 Å². The number of phenolic OH excluding ortho intramolecular Hbond substituents is 1. The molecule has 0 heterocycles. The number of carbonyl (C=O) groups is 1. The molecule has 1 aromatic rings. The lowest BCUT2D eigenvalue weighted by molar-refractivity contribution is -0.120. The topological polar surface area (TPSA) is 72.6 Å². The molecule has 0 aliphatic carbocycles. The van der Waals surface area contributed by atoms with Gasteiger partial charge in [0.2, 0.25) is 0 Å². The van der Waals surface area contributed by atoms with Crippen LogP contribution in [0.2, 0.25) is 0 Å². The number of aromatic hydroxyl groups is 1. The second-order valence-corrected chi connectivity index (χ2v) is 5.39. The second kappa shape index (κ2) is 9.40. The van der Waals surface area contributed by atoms with Gasteiger partial charge in [0, 0.05) is 6.42 Å². The highest BCUT2D eigenvalue weighted by Crippen LogP contribution is 2.29. The lowest BCUT2D eigenvalue weighted by Gasteiger charge is -2.13. The van der Waals surface area contributed by atoms with Crippen molar-refractivity contribution in [3.8, 4) is 11.5 Å². The van der Waals surface area contributed by atoms with Gasteiger partial charge >= 0.3 is 0 Å². The van der Waals surface area contributed by atoms with Crippen molar-refractivity contribution in [3.63, 3.8) is 0 Å². The Morgan fingerprint density at radius 1 is 1.24 bits per heavy atom. The number of Topliss-reactive ketones (excluding diaryl/α,β-unsaturated/α-hetero) is 1. The number of ketones is 1. The van der Waals surface area contributed by atoms with Crippen molar-refractivity contribution in [1.29, 1.82) is 0 Å². The number of rotatable bonds is 10. The van der Waals surface area contributed by atoms with Crippen LogP contribution in [0.4, 0.5) is 0 Å². The Hall–Kier alpha value is -1.55. The third-order valence-electron chi connectivity index (χ3n) is 3.69. The number of methoxy groups -OCH3 is 1. The first-order valence-corrected chi connectivity index (χ1v) is 7.75. The monoisotopic (exact) mass is 293 g/mol. The average Bonchev–Trinajstić information content (AvgIpc) is 2.50. The molecule has 0 saturated carbocycles. The fourth-order valence-electron chi connectivity index (χ4n) is 2.31. The molecule has 0 spiro atoms. The van der Waals surface area contributed by atoms with Crippen LogP contribution in [0.5, 0.6) is 11.5 Å². The van der Waals surface area contributed by atoms with E-state index in [0.717, 1.165) is 12.8 Å². The molecule has 0 aliphatic heterocycles. The van der Waals surface area contributed by atoms with Crippen LogP contribution < -0.4 is 10.5 Å². The van der Waals surface area contributed by atoms with Gasteiger partial charge in [-0.15, -0.1) is 0 Å². The molecule has 3 N–H and O–H groups in total. The standard InChI is InChI=1S/C17H27NO3/c1-3-4-5-6-7-8-9-15(20)17(18)13-10-11-14(19)16(12-13)21-2/h10-12,17,19H,3-9,18H2,1-2H3. The van der Waals surface area contributed by atoms with E-state index in [1.807, 2.05) is 0 Å². The highest BCUT2D eigenvalue weighted by Gasteiger charge is 2.17. The molecule has 0 fully saturated rings. The molecule has 1 rings (SSSR count). The Labute approximate surface area is 127 Å². The molecule has 0 aromatic heterocycles. The highest BCUT2D eigenvalue weighted by atomic mass is 16.5. The highest BCUT2D eigenvalue weighted by molar-refractivity contribution is 5.85. The minimum absolute atomic E-state index is 0.0400. The van der Waals surface area contributed by atoms with Gasteiger partial charge in [-0.2, -0.15) is 0 Å². The SMILES string of the molecule is CCCCCCCCC(=O)C(N)c1ccc(O)c(OC)c1. The first-order chi connectivity index (χ1) is 10.1. The number of benzene rings is 1. The van der Waals surface area contributed by atoms with E-state index in [0.29, 0.717) is 17.7 Å². The minimum atomic E-state index is -0.643. The van der Waals surface area contributed by atoms with Crippen molar-refractivity contribution in [2.45, 2.75) is 57.9 Å². The first kappa shape index (κ1) is 17.5. The summed E-state index contributed by atoms with van der Waals surface area (Å²) in [7, 11) is 1.47. The molecular formula is C17H27NO3. The summed E-state index contributed by atoms with van der Waals surface area (Å²) in [5.41, 5.74) is 6.67. The quantitative estimate of drug-likeness (QED) is 0.645. The maximum atomic E-state index is 12.1. The zero-order valence-electron chi connectivity index (χ0n) is 13.1. The average molecular weight is 293 g/mol. The van der Waals surface area contributed by atoms with E-state index >= 15 is 0 Å². The molecular weight excluding hydrogens is 266 g/mol. The van der Waals surface area contributed by atoms with Crippen LogP contribution in [0.1, 0.15) is 63.5 Å². The summed E-state index contributed by atoms with van der Waals surface area (Å²) in [5, 5.41) is 9.55. The molecule has 1 unspecified atom stereocenters. The molecule has 1 atom stereocenters. The number of phenols is 1. The Morgan fingerprint density at radius 3 is 2.57 bits per heavy atom. The fraction of sp³-hybridized carbons (Fsp3) is 0.588. The maximum Gasteiger partial charge on any atom is 0.160 e. The molecule has 1 aromatic carbocycles. The van der Waals surface area contributed by atoms with Crippen LogP contribution in [0.3, 0.4) is 0 Å². The van der Waals surface area contributed by atoms with E-state index in [-0.39, 0.29) is 11.5 Å². The van der Waals surface area contributed by atoms with Crippen molar-refractivity contribution in [3.05, 3.63) is 23.8 Å². The summed E-state index contributed by atoms with van der Waals surface area (Å²) >= 11 is 0.